The second-order valence-corrected chi connectivity index (χ2v) is 6.67. The Balaban J connectivity index is 1.64. The highest BCUT2D eigenvalue weighted by Gasteiger charge is 2.11. The van der Waals surface area contributed by atoms with Gasteiger partial charge in [0.1, 0.15) is 0 Å². The molecule has 3 aromatic rings. The number of nitrogens with zero attached hydrogens (tertiary/aromatic N) is 2. The van der Waals surface area contributed by atoms with Crippen LogP contribution in [0.15, 0.2) is 41.6 Å². The van der Waals surface area contributed by atoms with Crippen molar-refractivity contribution in [1.29, 1.82) is 0 Å². The third-order valence-corrected chi connectivity index (χ3v) is 4.73. The molecule has 1 heterocycles. The van der Waals surface area contributed by atoms with Gasteiger partial charge in [0.15, 0.2) is 5.16 Å². The van der Waals surface area contributed by atoms with E-state index in [2.05, 4.69) is 15.3 Å². The van der Waals surface area contributed by atoms with Crippen LogP contribution in [0.4, 0.5) is 11.4 Å². The highest BCUT2D eigenvalue weighted by Crippen LogP contribution is 2.24. The molecule has 2 aromatic carbocycles. The van der Waals surface area contributed by atoms with Crippen LogP contribution in [0.5, 0.6) is 0 Å². The summed E-state index contributed by atoms with van der Waals surface area (Å²) in [5.41, 5.74) is 2.72. The first kappa shape index (κ1) is 17.2. The quantitative estimate of drug-likeness (QED) is 0.395. The molecule has 128 valence electrons. The van der Waals surface area contributed by atoms with E-state index in [4.69, 9.17) is 11.6 Å². The number of fused-ring (bicyclic) bond motifs is 1. The number of non-ortho nitro benzene ring substituents is 1. The van der Waals surface area contributed by atoms with Crippen molar-refractivity contribution in [2.75, 3.05) is 11.1 Å². The van der Waals surface area contributed by atoms with Gasteiger partial charge < -0.3 is 10.3 Å². The van der Waals surface area contributed by atoms with Gasteiger partial charge in [0.25, 0.3) is 5.69 Å². The van der Waals surface area contributed by atoms with E-state index >= 15 is 0 Å². The van der Waals surface area contributed by atoms with Crippen LogP contribution in [0, 0.1) is 17.0 Å². The number of imidazole rings is 1. The van der Waals surface area contributed by atoms with Crippen molar-refractivity contribution >= 4 is 51.7 Å². The molecular weight excluding hydrogens is 364 g/mol. The summed E-state index contributed by atoms with van der Waals surface area (Å²) in [5, 5.41) is 14.7. The van der Waals surface area contributed by atoms with Crippen LogP contribution >= 0.6 is 23.4 Å². The van der Waals surface area contributed by atoms with E-state index in [9.17, 15) is 14.9 Å². The standard InChI is InChI=1S/C16H13ClN4O3S/c1-9-2-3-10(6-12(9)17)18-15(22)8-25-16-19-13-5-4-11(21(23)24)7-14(13)20-16/h2-7H,8H2,1H3,(H,18,22)(H,19,20). The molecule has 0 unspecified atom stereocenters. The maximum atomic E-state index is 12.0. The van der Waals surface area contributed by atoms with Gasteiger partial charge in [-0.2, -0.15) is 0 Å². The molecule has 0 radical (unpaired) electrons. The van der Waals surface area contributed by atoms with Crippen molar-refractivity contribution < 1.29 is 9.72 Å². The number of amides is 1. The summed E-state index contributed by atoms with van der Waals surface area (Å²) in [6, 6.07) is 9.69. The number of hydrogen-bond acceptors (Lipinski definition) is 5. The summed E-state index contributed by atoms with van der Waals surface area (Å²) in [6.45, 7) is 1.88. The highest BCUT2D eigenvalue weighted by atomic mass is 35.5. The Morgan fingerprint density at radius 2 is 2.16 bits per heavy atom. The van der Waals surface area contributed by atoms with E-state index in [1.807, 2.05) is 13.0 Å². The predicted molar refractivity (Wildman–Crippen MR) is 98.3 cm³/mol. The van der Waals surface area contributed by atoms with Crippen LogP contribution in [0.25, 0.3) is 11.0 Å². The summed E-state index contributed by atoms with van der Waals surface area (Å²) >= 11 is 7.24. The van der Waals surface area contributed by atoms with Gasteiger partial charge in [0, 0.05) is 22.8 Å². The normalized spacial score (nSPS) is 10.8. The fraction of sp³-hybridized carbons (Fsp3) is 0.125. The molecule has 0 atom stereocenters. The third-order valence-electron chi connectivity index (χ3n) is 3.45. The summed E-state index contributed by atoms with van der Waals surface area (Å²) in [6.07, 6.45) is 0. The minimum Gasteiger partial charge on any atom is -0.333 e. The molecule has 0 bridgehead atoms. The number of nitro groups is 1. The first-order valence-electron chi connectivity index (χ1n) is 7.25. The average Bonchev–Trinajstić information content (AvgIpc) is 2.98. The van der Waals surface area contributed by atoms with Gasteiger partial charge in [-0.25, -0.2) is 4.98 Å². The summed E-state index contributed by atoms with van der Waals surface area (Å²) in [7, 11) is 0. The zero-order valence-corrected chi connectivity index (χ0v) is 14.6. The fourth-order valence-electron chi connectivity index (χ4n) is 2.16. The topological polar surface area (TPSA) is 101 Å². The molecule has 1 aromatic heterocycles. The van der Waals surface area contributed by atoms with Gasteiger partial charge in [-0.1, -0.05) is 29.4 Å². The molecule has 0 saturated carbocycles. The molecule has 0 aliphatic carbocycles. The monoisotopic (exact) mass is 376 g/mol. The van der Waals surface area contributed by atoms with Gasteiger partial charge in [0.05, 0.1) is 21.7 Å². The van der Waals surface area contributed by atoms with Crippen molar-refractivity contribution in [3.8, 4) is 0 Å². The van der Waals surface area contributed by atoms with Crippen LogP contribution in [0.2, 0.25) is 5.02 Å². The number of hydrogen-bond donors (Lipinski definition) is 2. The molecule has 0 aliphatic rings. The lowest BCUT2D eigenvalue weighted by Crippen LogP contribution is -2.14. The van der Waals surface area contributed by atoms with Gasteiger partial charge in [-0.3, -0.25) is 14.9 Å². The number of nitro benzene ring substituents is 1. The van der Waals surface area contributed by atoms with Crippen molar-refractivity contribution in [2.45, 2.75) is 12.1 Å². The Hall–Kier alpha value is -2.58. The molecule has 0 spiro atoms. The summed E-state index contributed by atoms with van der Waals surface area (Å²) in [5.74, 6) is -0.0516. The number of anilines is 1. The number of rotatable bonds is 5. The molecular formula is C16H13ClN4O3S. The van der Waals surface area contributed by atoms with Crippen LogP contribution in [-0.2, 0) is 4.79 Å². The number of aromatic nitrogens is 2. The minimum absolute atomic E-state index is 0.0123. The second-order valence-electron chi connectivity index (χ2n) is 5.30. The molecule has 0 saturated heterocycles. The lowest BCUT2D eigenvalue weighted by molar-refractivity contribution is -0.384. The Morgan fingerprint density at radius 3 is 2.88 bits per heavy atom. The maximum absolute atomic E-state index is 12.0. The first-order valence-corrected chi connectivity index (χ1v) is 8.62. The third kappa shape index (κ3) is 4.09. The fourth-order valence-corrected chi connectivity index (χ4v) is 3.02. The number of carbonyl (C=O) groups excluding carboxylic acids is 1. The molecule has 0 aliphatic heterocycles. The molecule has 9 heteroatoms. The lowest BCUT2D eigenvalue weighted by atomic mass is 10.2. The maximum Gasteiger partial charge on any atom is 0.271 e. The molecule has 2 N–H and O–H groups in total. The second kappa shape index (κ2) is 7.12. The zero-order chi connectivity index (χ0) is 18.0. The van der Waals surface area contributed by atoms with Crippen molar-refractivity contribution in [3.05, 3.63) is 57.1 Å². The number of carbonyl (C=O) groups is 1. The van der Waals surface area contributed by atoms with Crippen LogP contribution in [0.1, 0.15) is 5.56 Å². The number of aromatic amines is 1. The van der Waals surface area contributed by atoms with E-state index in [1.165, 1.54) is 23.9 Å². The smallest absolute Gasteiger partial charge is 0.271 e. The minimum atomic E-state index is -0.465. The van der Waals surface area contributed by atoms with Crippen LogP contribution in [-0.4, -0.2) is 26.6 Å². The van der Waals surface area contributed by atoms with E-state index in [0.717, 1.165) is 5.56 Å². The zero-order valence-electron chi connectivity index (χ0n) is 13.1. The average molecular weight is 377 g/mol. The number of thioether (sulfide) groups is 1. The molecule has 7 nitrogen and oxygen atoms in total. The molecule has 1 amide bonds. The molecule has 3 rings (SSSR count). The van der Waals surface area contributed by atoms with E-state index in [1.54, 1.807) is 18.2 Å². The predicted octanol–water partition coefficient (Wildman–Crippen LogP) is 4.16. The number of benzene rings is 2. The molecule has 0 fully saturated rings. The van der Waals surface area contributed by atoms with E-state index in [-0.39, 0.29) is 17.3 Å². The largest absolute Gasteiger partial charge is 0.333 e. The van der Waals surface area contributed by atoms with Crippen molar-refractivity contribution in [3.63, 3.8) is 0 Å². The van der Waals surface area contributed by atoms with Gasteiger partial charge in [-0.15, -0.1) is 0 Å². The van der Waals surface area contributed by atoms with Gasteiger partial charge >= 0.3 is 0 Å². The molecule has 25 heavy (non-hydrogen) atoms. The van der Waals surface area contributed by atoms with Crippen LogP contribution in [0.3, 0.4) is 0 Å². The SMILES string of the molecule is Cc1ccc(NC(=O)CSc2nc3ccc([N+](=O)[O-])cc3[nH]2)cc1Cl. The van der Waals surface area contributed by atoms with Crippen molar-refractivity contribution in [1.82, 2.24) is 9.97 Å². The van der Waals surface area contributed by atoms with Gasteiger partial charge in [-0.05, 0) is 30.7 Å². The van der Waals surface area contributed by atoms with E-state index < -0.39 is 4.92 Å². The Labute approximate surface area is 151 Å². The Morgan fingerprint density at radius 1 is 1.36 bits per heavy atom. The highest BCUT2D eigenvalue weighted by molar-refractivity contribution is 7.99. The van der Waals surface area contributed by atoms with Gasteiger partial charge in [0.2, 0.25) is 5.91 Å². The Bertz CT molecular complexity index is 973. The summed E-state index contributed by atoms with van der Waals surface area (Å²) < 4.78 is 0. The van der Waals surface area contributed by atoms with Crippen LogP contribution < -0.4 is 5.32 Å². The van der Waals surface area contributed by atoms with Crippen molar-refractivity contribution in [2.24, 2.45) is 0 Å². The number of aryl methyl sites for hydroxylation is 1. The number of nitrogens with one attached hydrogen (secondary N) is 2. The Kier molecular flexibility index (Phi) is 4.91. The number of halogens is 1. The summed E-state index contributed by atoms with van der Waals surface area (Å²) in [4.78, 5) is 29.6. The first-order chi connectivity index (χ1) is 11.9. The number of H-pyrrole nitrogens is 1. The van der Waals surface area contributed by atoms with E-state index in [0.29, 0.717) is 26.9 Å². The lowest BCUT2D eigenvalue weighted by Gasteiger charge is -2.06.